The molecule has 1 unspecified atom stereocenters. The molecule has 2 heteroatoms. The first-order valence-electron chi connectivity index (χ1n) is 6.18. The first-order chi connectivity index (χ1) is 6.81. The van der Waals surface area contributed by atoms with Crippen molar-refractivity contribution in [1.29, 1.82) is 0 Å². The average molecular weight is 197 g/mol. The van der Waals surface area contributed by atoms with Gasteiger partial charge in [0.05, 0.1) is 6.61 Å². The topological polar surface area (TPSA) is 35.2 Å². The Morgan fingerprint density at radius 3 is 2.29 bits per heavy atom. The van der Waals surface area contributed by atoms with Crippen molar-refractivity contribution in [2.45, 2.75) is 56.9 Å². The summed E-state index contributed by atoms with van der Waals surface area (Å²) in [5.74, 6) is 0.727. The number of hydrogen-bond donors (Lipinski definition) is 1. The first-order valence-corrected chi connectivity index (χ1v) is 6.18. The van der Waals surface area contributed by atoms with Gasteiger partial charge in [-0.1, -0.05) is 25.7 Å². The van der Waals surface area contributed by atoms with Crippen LogP contribution in [0.2, 0.25) is 0 Å². The molecule has 2 rings (SSSR count). The Hall–Kier alpha value is -0.0800. The van der Waals surface area contributed by atoms with E-state index in [0.29, 0.717) is 0 Å². The quantitative estimate of drug-likeness (QED) is 0.655. The zero-order valence-corrected chi connectivity index (χ0v) is 9.13. The molecule has 14 heavy (non-hydrogen) atoms. The van der Waals surface area contributed by atoms with Gasteiger partial charge in [-0.25, -0.2) is 0 Å². The zero-order chi connectivity index (χ0) is 9.86. The Balaban J connectivity index is 1.95. The summed E-state index contributed by atoms with van der Waals surface area (Å²) in [6.07, 6.45) is 10.6. The minimum atomic E-state index is 0.0165. The standard InChI is InChI=1S/C12H23NO/c13-12(8-5-9-14-10-12)11-6-3-1-2-4-7-11/h11H,1-10,13H2. The minimum Gasteiger partial charge on any atom is -0.380 e. The van der Waals surface area contributed by atoms with Crippen molar-refractivity contribution in [2.75, 3.05) is 13.2 Å². The molecule has 2 aliphatic rings. The Morgan fingerprint density at radius 2 is 1.71 bits per heavy atom. The molecular formula is C12H23NO. The van der Waals surface area contributed by atoms with E-state index in [1.165, 1.54) is 44.9 Å². The Kier molecular flexibility index (Phi) is 3.45. The largest absolute Gasteiger partial charge is 0.380 e. The summed E-state index contributed by atoms with van der Waals surface area (Å²) < 4.78 is 5.55. The third-order valence-electron chi connectivity index (χ3n) is 3.97. The summed E-state index contributed by atoms with van der Waals surface area (Å²) in [5.41, 5.74) is 6.49. The van der Waals surface area contributed by atoms with E-state index in [1.54, 1.807) is 0 Å². The lowest BCUT2D eigenvalue weighted by Gasteiger charge is -2.40. The van der Waals surface area contributed by atoms with E-state index < -0.39 is 0 Å². The molecule has 2 fully saturated rings. The second kappa shape index (κ2) is 4.63. The maximum Gasteiger partial charge on any atom is 0.0648 e. The average Bonchev–Trinajstić information content (AvgIpc) is 2.47. The van der Waals surface area contributed by atoms with Gasteiger partial charge < -0.3 is 10.5 Å². The molecule has 0 spiro atoms. The van der Waals surface area contributed by atoms with Gasteiger partial charge in [-0.3, -0.25) is 0 Å². The summed E-state index contributed by atoms with van der Waals surface area (Å²) >= 11 is 0. The van der Waals surface area contributed by atoms with E-state index >= 15 is 0 Å². The Morgan fingerprint density at radius 1 is 1.00 bits per heavy atom. The summed E-state index contributed by atoms with van der Waals surface area (Å²) in [5, 5.41) is 0. The van der Waals surface area contributed by atoms with Crippen molar-refractivity contribution >= 4 is 0 Å². The molecular weight excluding hydrogens is 174 g/mol. The summed E-state index contributed by atoms with van der Waals surface area (Å²) in [6.45, 7) is 1.73. The Bertz CT molecular complexity index is 167. The van der Waals surface area contributed by atoms with E-state index in [-0.39, 0.29) is 5.54 Å². The molecule has 1 saturated carbocycles. The van der Waals surface area contributed by atoms with Gasteiger partial charge in [-0.2, -0.15) is 0 Å². The van der Waals surface area contributed by atoms with Crippen LogP contribution in [0.1, 0.15) is 51.4 Å². The molecule has 1 atom stereocenters. The van der Waals surface area contributed by atoms with Gasteiger partial charge in [-0.05, 0) is 31.6 Å². The number of hydrogen-bond acceptors (Lipinski definition) is 2. The molecule has 0 bridgehead atoms. The normalized spacial score (nSPS) is 36.6. The predicted molar refractivity (Wildman–Crippen MR) is 58.2 cm³/mol. The lowest BCUT2D eigenvalue weighted by atomic mass is 9.76. The van der Waals surface area contributed by atoms with E-state index in [0.717, 1.165) is 25.6 Å². The van der Waals surface area contributed by atoms with Gasteiger partial charge in [0.25, 0.3) is 0 Å². The highest BCUT2D eigenvalue weighted by molar-refractivity contribution is 4.93. The molecule has 0 aromatic carbocycles. The van der Waals surface area contributed by atoms with Gasteiger partial charge in [0.15, 0.2) is 0 Å². The third kappa shape index (κ3) is 2.29. The molecule has 82 valence electrons. The maximum atomic E-state index is 6.48. The predicted octanol–water partition coefficient (Wildman–Crippen LogP) is 2.46. The lowest BCUT2D eigenvalue weighted by Crippen LogP contribution is -2.53. The molecule has 1 heterocycles. The highest BCUT2D eigenvalue weighted by Crippen LogP contribution is 2.34. The van der Waals surface area contributed by atoms with Crippen molar-refractivity contribution < 1.29 is 4.74 Å². The molecule has 1 aliphatic carbocycles. The summed E-state index contributed by atoms with van der Waals surface area (Å²) in [7, 11) is 0. The van der Waals surface area contributed by atoms with E-state index in [1.807, 2.05) is 0 Å². The van der Waals surface area contributed by atoms with Crippen molar-refractivity contribution in [3.05, 3.63) is 0 Å². The van der Waals surface area contributed by atoms with Crippen LogP contribution in [0, 0.1) is 5.92 Å². The highest BCUT2D eigenvalue weighted by Gasteiger charge is 2.36. The second-order valence-electron chi connectivity index (χ2n) is 5.08. The fourth-order valence-electron chi connectivity index (χ4n) is 3.01. The molecule has 0 radical (unpaired) electrons. The van der Waals surface area contributed by atoms with Crippen LogP contribution in [0.4, 0.5) is 0 Å². The van der Waals surface area contributed by atoms with Gasteiger partial charge in [0.1, 0.15) is 0 Å². The van der Waals surface area contributed by atoms with Crippen molar-refractivity contribution in [3.8, 4) is 0 Å². The fourth-order valence-corrected chi connectivity index (χ4v) is 3.01. The van der Waals surface area contributed by atoms with Crippen LogP contribution in [-0.2, 0) is 4.74 Å². The summed E-state index contributed by atoms with van der Waals surface area (Å²) in [6, 6.07) is 0. The third-order valence-corrected chi connectivity index (χ3v) is 3.97. The van der Waals surface area contributed by atoms with Crippen molar-refractivity contribution in [1.82, 2.24) is 0 Å². The molecule has 0 amide bonds. The highest BCUT2D eigenvalue weighted by atomic mass is 16.5. The van der Waals surface area contributed by atoms with E-state index in [2.05, 4.69) is 0 Å². The molecule has 1 aliphatic heterocycles. The van der Waals surface area contributed by atoms with E-state index in [9.17, 15) is 0 Å². The summed E-state index contributed by atoms with van der Waals surface area (Å²) in [4.78, 5) is 0. The maximum absolute atomic E-state index is 6.48. The van der Waals surface area contributed by atoms with Crippen LogP contribution in [0.5, 0.6) is 0 Å². The monoisotopic (exact) mass is 197 g/mol. The second-order valence-corrected chi connectivity index (χ2v) is 5.08. The minimum absolute atomic E-state index is 0.0165. The van der Waals surface area contributed by atoms with Crippen LogP contribution in [-0.4, -0.2) is 18.8 Å². The molecule has 2 nitrogen and oxygen atoms in total. The van der Waals surface area contributed by atoms with Gasteiger partial charge in [-0.15, -0.1) is 0 Å². The van der Waals surface area contributed by atoms with Gasteiger partial charge >= 0.3 is 0 Å². The van der Waals surface area contributed by atoms with Crippen LogP contribution >= 0.6 is 0 Å². The smallest absolute Gasteiger partial charge is 0.0648 e. The number of ether oxygens (including phenoxy) is 1. The molecule has 1 saturated heterocycles. The Labute approximate surface area is 87.2 Å². The molecule has 0 aromatic heterocycles. The first kappa shape index (κ1) is 10.4. The van der Waals surface area contributed by atoms with E-state index in [4.69, 9.17) is 10.5 Å². The number of nitrogens with two attached hydrogens (primary N) is 1. The van der Waals surface area contributed by atoms with Crippen molar-refractivity contribution in [2.24, 2.45) is 11.7 Å². The van der Waals surface area contributed by atoms with Crippen LogP contribution in [0.25, 0.3) is 0 Å². The zero-order valence-electron chi connectivity index (χ0n) is 9.13. The molecule has 2 N–H and O–H groups in total. The molecule has 0 aromatic rings. The fraction of sp³-hybridized carbons (Fsp3) is 1.00. The van der Waals surface area contributed by atoms with Crippen molar-refractivity contribution in [3.63, 3.8) is 0 Å². The number of rotatable bonds is 1. The van der Waals surface area contributed by atoms with Gasteiger partial charge in [0, 0.05) is 12.1 Å². The van der Waals surface area contributed by atoms with Crippen LogP contribution in [0.3, 0.4) is 0 Å². The van der Waals surface area contributed by atoms with Gasteiger partial charge in [0.2, 0.25) is 0 Å². The lowest BCUT2D eigenvalue weighted by molar-refractivity contribution is 0.00740. The van der Waals surface area contributed by atoms with Crippen LogP contribution < -0.4 is 5.73 Å². The van der Waals surface area contributed by atoms with Crippen LogP contribution in [0.15, 0.2) is 0 Å². The SMILES string of the molecule is NC1(C2CCCCCC2)CCCOC1.